The molecule has 0 radical (unpaired) electrons. The number of anilines is 1. The summed E-state index contributed by atoms with van der Waals surface area (Å²) in [6.07, 6.45) is 1.06. The average Bonchev–Trinajstić information content (AvgIpc) is 2.62. The van der Waals surface area contributed by atoms with E-state index in [1.807, 2.05) is 43.3 Å². The molecule has 1 aliphatic heterocycles. The lowest BCUT2D eigenvalue weighted by Crippen LogP contribution is -2.41. The molecule has 0 saturated carbocycles. The topological polar surface area (TPSA) is 66.5 Å². The lowest BCUT2D eigenvalue weighted by molar-refractivity contribution is -0.120. The zero-order valence-electron chi connectivity index (χ0n) is 14.2. The van der Waals surface area contributed by atoms with Crippen molar-refractivity contribution in [2.24, 2.45) is 5.92 Å². The zero-order chi connectivity index (χ0) is 17.9. The van der Waals surface area contributed by atoms with Gasteiger partial charge >= 0.3 is 0 Å². The molecule has 132 valence electrons. The molecule has 1 amide bonds. The number of carbonyl (C=O) groups is 1. The fourth-order valence-corrected chi connectivity index (χ4v) is 4.62. The second-order valence-corrected chi connectivity index (χ2v) is 8.29. The predicted octanol–water partition coefficient (Wildman–Crippen LogP) is 3.03. The van der Waals surface area contributed by atoms with Gasteiger partial charge in [0.05, 0.1) is 4.90 Å². The van der Waals surface area contributed by atoms with E-state index in [-0.39, 0.29) is 11.8 Å². The Bertz CT molecular complexity index is 842. The average molecular weight is 358 g/mol. The van der Waals surface area contributed by atoms with Gasteiger partial charge in [0, 0.05) is 24.7 Å². The van der Waals surface area contributed by atoms with Crippen molar-refractivity contribution in [1.82, 2.24) is 4.31 Å². The summed E-state index contributed by atoms with van der Waals surface area (Å²) in [6, 6.07) is 16.2. The number of rotatable bonds is 4. The standard InChI is InChI=1S/C19H22N2O3S/c1-15-6-5-9-18(14-15)25(23,24)21-12-10-16(11-13-21)19(22)20-17-7-3-2-4-8-17/h2-9,14,16H,10-13H2,1H3,(H,20,22). The second kappa shape index (κ2) is 7.37. The second-order valence-electron chi connectivity index (χ2n) is 6.35. The van der Waals surface area contributed by atoms with E-state index in [4.69, 9.17) is 0 Å². The fourth-order valence-electron chi connectivity index (χ4n) is 3.05. The number of hydrogen-bond donors (Lipinski definition) is 1. The summed E-state index contributed by atoms with van der Waals surface area (Å²) in [5.74, 6) is -0.206. The van der Waals surface area contributed by atoms with E-state index in [0.29, 0.717) is 30.8 Å². The van der Waals surface area contributed by atoms with Gasteiger partial charge in [-0.25, -0.2) is 8.42 Å². The Labute approximate surface area is 148 Å². The number of hydrogen-bond acceptors (Lipinski definition) is 3. The maximum Gasteiger partial charge on any atom is 0.243 e. The molecule has 0 aromatic heterocycles. The molecule has 1 N–H and O–H groups in total. The fraction of sp³-hybridized carbons (Fsp3) is 0.316. The summed E-state index contributed by atoms with van der Waals surface area (Å²) in [4.78, 5) is 12.7. The number of piperidine rings is 1. The normalized spacial score (nSPS) is 16.5. The molecule has 3 rings (SSSR count). The van der Waals surface area contributed by atoms with Gasteiger partial charge in [0.25, 0.3) is 0 Å². The molecule has 0 unspecified atom stereocenters. The molecular weight excluding hydrogens is 336 g/mol. The smallest absolute Gasteiger partial charge is 0.243 e. The molecule has 25 heavy (non-hydrogen) atoms. The third kappa shape index (κ3) is 4.08. The van der Waals surface area contributed by atoms with E-state index in [0.717, 1.165) is 11.3 Å². The van der Waals surface area contributed by atoms with Crippen LogP contribution in [0.2, 0.25) is 0 Å². The molecule has 0 spiro atoms. The first kappa shape index (κ1) is 17.6. The van der Waals surface area contributed by atoms with Gasteiger partial charge in [0.15, 0.2) is 0 Å². The van der Waals surface area contributed by atoms with Crippen molar-refractivity contribution in [1.29, 1.82) is 0 Å². The highest BCUT2D eigenvalue weighted by atomic mass is 32.2. The molecule has 6 heteroatoms. The number of nitrogens with zero attached hydrogens (tertiary/aromatic N) is 1. The van der Waals surface area contributed by atoms with E-state index < -0.39 is 10.0 Å². The monoisotopic (exact) mass is 358 g/mol. The number of para-hydroxylation sites is 1. The van der Waals surface area contributed by atoms with Gasteiger partial charge < -0.3 is 5.32 Å². The van der Waals surface area contributed by atoms with Crippen LogP contribution in [0.4, 0.5) is 5.69 Å². The Hall–Kier alpha value is -2.18. The minimum atomic E-state index is -3.49. The van der Waals surface area contributed by atoms with Crippen LogP contribution in [-0.4, -0.2) is 31.7 Å². The molecule has 1 aliphatic rings. The van der Waals surface area contributed by atoms with Gasteiger partial charge in [0.2, 0.25) is 15.9 Å². The third-order valence-corrected chi connectivity index (χ3v) is 6.39. The number of amides is 1. The minimum absolute atomic E-state index is 0.0428. The molecule has 2 aromatic carbocycles. The first-order valence-electron chi connectivity index (χ1n) is 8.39. The van der Waals surface area contributed by atoms with Crippen molar-refractivity contribution in [3.05, 3.63) is 60.2 Å². The van der Waals surface area contributed by atoms with Crippen molar-refractivity contribution in [2.75, 3.05) is 18.4 Å². The summed E-state index contributed by atoms with van der Waals surface area (Å²) < 4.78 is 26.9. The number of benzene rings is 2. The Morgan fingerprint density at radius 1 is 1.04 bits per heavy atom. The molecule has 1 fully saturated rings. The molecule has 0 atom stereocenters. The van der Waals surface area contributed by atoms with Crippen LogP contribution in [0.15, 0.2) is 59.5 Å². The van der Waals surface area contributed by atoms with Gasteiger partial charge in [-0.2, -0.15) is 4.31 Å². The van der Waals surface area contributed by atoms with Crippen LogP contribution >= 0.6 is 0 Å². The summed E-state index contributed by atoms with van der Waals surface area (Å²) in [7, 11) is -3.49. The van der Waals surface area contributed by atoms with E-state index >= 15 is 0 Å². The van der Waals surface area contributed by atoms with Crippen molar-refractivity contribution in [3.63, 3.8) is 0 Å². The van der Waals surface area contributed by atoms with Crippen LogP contribution in [0.25, 0.3) is 0 Å². The van der Waals surface area contributed by atoms with Crippen molar-refractivity contribution < 1.29 is 13.2 Å². The molecule has 1 heterocycles. The number of nitrogens with one attached hydrogen (secondary N) is 1. The maximum atomic E-state index is 12.7. The van der Waals surface area contributed by atoms with Crippen LogP contribution < -0.4 is 5.32 Å². The highest BCUT2D eigenvalue weighted by molar-refractivity contribution is 7.89. The van der Waals surface area contributed by atoms with E-state index in [1.54, 1.807) is 18.2 Å². The molecule has 0 aliphatic carbocycles. The largest absolute Gasteiger partial charge is 0.326 e. The SMILES string of the molecule is Cc1cccc(S(=O)(=O)N2CCC(C(=O)Nc3ccccc3)CC2)c1. The lowest BCUT2D eigenvalue weighted by Gasteiger charge is -2.30. The molecule has 2 aromatic rings. The maximum absolute atomic E-state index is 12.7. The van der Waals surface area contributed by atoms with Gasteiger partial charge in [-0.3, -0.25) is 4.79 Å². The van der Waals surface area contributed by atoms with Crippen LogP contribution in [-0.2, 0) is 14.8 Å². The molecular formula is C19H22N2O3S. The Balaban J connectivity index is 1.62. The number of carbonyl (C=O) groups excluding carboxylic acids is 1. The highest BCUT2D eigenvalue weighted by Gasteiger charge is 2.32. The summed E-state index contributed by atoms with van der Waals surface area (Å²) in [5, 5.41) is 2.90. The van der Waals surface area contributed by atoms with Gasteiger partial charge in [0.1, 0.15) is 0 Å². The first-order chi connectivity index (χ1) is 12.0. The van der Waals surface area contributed by atoms with Crippen molar-refractivity contribution in [2.45, 2.75) is 24.7 Å². The van der Waals surface area contributed by atoms with Crippen LogP contribution in [0, 0.1) is 12.8 Å². The molecule has 1 saturated heterocycles. The Morgan fingerprint density at radius 3 is 2.36 bits per heavy atom. The van der Waals surface area contributed by atoms with Crippen LogP contribution in [0.1, 0.15) is 18.4 Å². The van der Waals surface area contributed by atoms with E-state index in [9.17, 15) is 13.2 Å². The Morgan fingerprint density at radius 2 is 1.72 bits per heavy atom. The number of aryl methyl sites for hydroxylation is 1. The predicted molar refractivity (Wildman–Crippen MR) is 97.7 cm³/mol. The first-order valence-corrected chi connectivity index (χ1v) is 9.83. The summed E-state index contributed by atoms with van der Waals surface area (Å²) in [6.45, 7) is 2.60. The third-order valence-electron chi connectivity index (χ3n) is 4.49. The van der Waals surface area contributed by atoms with E-state index in [2.05, 4.69) is 5.32 Å². The lowest BCUT2D eigenvalue weighted by atomic mass is 9.97. The summed E-state index contributed by atoms with van der Waals surface area (Å²) in [5.41, 5.74) is 1.68. The molecule has 5 nitrogen and oxygen atoms in total. The van der Waals surface area contributed by atoms with Crippen LogP contribution in [0.3, 0.4) is 0 Å². The van der Waals surface area contributed by atoms with Crippen LogP contribution in [0.5, 0.6) is 0 Å². The van der Waals surface area contributed by atoms with Gasteiger partial charge in [-0.15, -0.1) is 0 Å². The van der Waals surface area contributed by atoms with Crippen molar-refractivity contribution in [3.8, 4) is 0 Å². The zero-order valence-corrected chi connectivity index (χ0v) is 15.0. The highest BCUT2D eigenvalue weighted by Crippen LogP contribution is 2.25. The quantitative estimate of drug-likeness (QED) is 0.913. The van der Waals surface area contributed by atoms with Gasteiger partial charge in [-0.1, -0.05) is 30.3 Å². The summed E-state index contributed by atoms with van der Waals surface area (Å²) >= 11 is 0. The Kier molecular flexibility index (Phi) is 5.20. The van der Waals surface area contributed by atoms with E-state index in [1.165, 1.54) is 4.31 Å². The van der Waals surface area contributed by atoms with Gasteiger partial charge in [-0.05, 0) is 49.6 Å². The molecule has 0 bridgehead atoms. The minimum Gasteiger partial charge on any atom is -0.326 e. The van der Waals surface area contributed by atoms with Crippen molar-refractivity contribution >= 4 is 21.6 Å². The number of sulfonamides is 1.